The van der Waals surface area contributed by atoms with Crippen LogP contribution >= 0.6 is 0 Å². The zero-order valence-electron chi connectivity index (χ0n) is 9.85. The van der Waals surface area contributed by atoms with E-state index in [9.17, 15) is 5.11 Å². The first-order chi connectivity index (χ1) is 8.15. The third-order valence-electron chi connectivity index (χ3n) is 2.35. The first-order valence-electron chi connectivity index (χ1n) is 5.03. The van der Waals surface area contributed by atoms with Gasteiger partial charge in [0.15, 0.2) is 11.5 Å². The summed E-state index contributed by atoms with van der Waals surface area (Å²) in [7, 11) is 2.94. The van der Waals surface area contributed by atoms with Crippen LogP contribution in [0, 0.1) is 6.92 Å². The highest BCUT2D eigenvalue weighted by Gasteiger charge is 2.14. The van der Waals surface area contributed by atoms with E-state index >= 15 is 0 Å². The lowest BCUT2D eigenvalue weighted by Gasteiger charge is -2.09. The molecule has 2 aromatic rings. The van der Waals surface area contributed by atoms with Crippen LogP contribution in [0.3, 0.4) is 0 Å². The van der Waals surface area contributed by atoms with E-state index in [0.29, 0.717) is 28.7 Å². The first-order valence-corrected chi connectivity index (χ1v) is 5.03. The predicted molar refractivity (Wildman–Crippen MR) is 61.4 cm³/mol. The molecule has 0 amide bonds. The van der Waals surface area contributed by atoms with Gasteiger partial charge in [-0.15, -0.1) is 0 Å². The Hall–Kier alpha value is -2.17. The number of benzene rings is 1. The van der Waals surface area contributed by atoms with Crippen LogP contribution in [-0.4, -0.2) is 24.3 Å². The van der Waals surface area contributed by atoms with Crippen molar-refractivity contribution in [3.8, 4) is 28.7 Å². The Morgan fingerprint density at radius 1 is 1.18 bits per heavy atom. The van der Waals surface area contributed by atoms with Gasteiger partial charge in [-0.2, -0.15) is 0 Å². The van der Waals surface area contributed by atoms with Crippen LogP contribution in [0.2, 0.25) is 0 Å². The molecule has 1 heterocycles. The van der Waals surface area contributed by atoms with Crippen molar-refractivity contribution in [2.45, 2.75) is 6.92 Å². The summed E-state index contributed by atoms with van der Waals surface area (Å²) in [4.78, 5) is 4.11. The Labute approximate surface area is 98.6 Å². The Balaban J connectivity index is 2.55. The summed E-state index contributed by atoms with van der Waals surface area (Å²) >= 11 is 0. The van der Waals surface area contributed by atoms with Gasteiger partial charge in [-0.3, -0.25) is 0 Å². The van der Waals surface area contributed by atoms with Gasteiger partial charge in [0.1, 0.15) is 5.76 Å². The highest BCUT2D eigenvalue weighted by atomic mass is 16.5. The summed E-state index contributed by atoms with van der Waals surface area (Å²) in [6.07, 6.45) is 1.63. The molecule has 0 saturated heterocycles. The molecule has 0 aliphatic carbocycles. The number of phenolic OH excluding ortho intramolecular Hbond substituents is 1. The van der Waals surface area contributed by atoms with Crippen LogP contribution in [0.5, 0.6) is 17.2 Å². The number of oxazole rings is 1. The second kappa shape index (κ2) is 4.37. The molecular formula is C12H13NO4. The molecule has 0 spiro atoms. The molecule has 17 heavy (non-hydrogen) atoms. The van der Waals surface area contributed by atoms with Crippen LogP contribution in [0.1, 0.15) is 5.76 Å². The van der Waals surface area contributed by atoms with Gasteiger partial charge in [0.05, 0.1) is 20.4 Å². The van der Waals surface area contributed by atoms with Crippen molar-refractivity contribution in [3.05, 3.63) is 24.1 Å². The van der Waals surface area contributed by atoms with E-state index in [-0.39, 0.29) is 5.75 Å². The molecule has 0 fully saturated rings. The van der Waals surface area contributed by atoms with Gasteiger partial charge in [0.25, 0.3) is 0 Å². The van der Waals surface area contributed by atoms with Crippen molar-refractivity contribution in [1.29, 1.82) is 0 Å². The molecule has 2 rings (SSSR count). The van der Waals surface area contributed by atoms with E-state index in [1.165, 1.54) is 14.2 Å². The number of ether oxygens (including phenoxy) is 2. The summed E-state index contributed by atoms with van der Waals surface area (Å²) in [5.74, 6) is 1.76. The number of hydrogen-bond donors (Lipinski definition) is 1. The molecule has 1 N–H and O–H groups in total. The van der Waals surface area contributed by atoms with E-state index in [1.807, 2.05) is 6.92 Å². The van der Waals surface area contributed by atoms with E-state index in [4.69, 9.17) is 13.9 Å². The molecular weight excluding hydrogens is 222 g/mol. The summed E-state index contributed by atoms with van der Waals surface area (Å²) < 4.78 is 15.5. The summed E-state index contributed by atoms with van der Waals surface area (Å²) in [5.41, 5.74) is 0.685. The van der Waals surface area contributed by atoms with Gasteiger partial charge in [0.2, 0.25) is 11.6 Å². The van der Waals surface area contributed by atoms with Crippen LogP contribution < -0.4 is 9.47 Å². The number of hydrogen-bond acceptors (Lipinski definition) is 5. The van der Waals surface area contributed by atoms with Gasteiger partial charge in [-0.25, -0.2) is 4.98 Å². The molecule has 0 saturated carbocycles. The molecule has 0 radical (unpaired) electrons. The van der Waals surface area contributed by atoms with Gasteiger partial charge in [-0.05, 0) is 19.1 Å². The van der Waals surface area contributed by atoms with E-state index in [0.717, 1.165) is 0 Å². The number of methoxy groups -OCH3 is 2. The van der Waals surface area contributed by atoms with Crippen molar-refractivity contribution in [1.82, 2.24) is 4.98 Å². The number of rotatable bonds is 3. The lowest BCUT2D eigenvalue weighted by atomic mass is 10.2. The van der Waals surface area contributed by atoms with Gasteiger partial charge in [0, 0.05) is 5.56 Å². The minimum absolute atomic E-state index is 0.0398. The maximum atomic E-state index is 9.76. The molecule has 0 unspecified atom stereocenters. The average molecular weight is 235 g/mol. The highest BCUT2D eigenvalue weighted by Crippen LogP contribution is 2.39. The highest BCUT2D eigenvalue weighted by molar-refractivity contribution is 5.65. The van der Waals surface area contributed by atoms with E-state index < -0.39 is 0 Å². The fourth-order valence-corrected chi connectivity index (χ4v) is 1.51. The number of aryl methyl sites for hydroxylation is 1. The fraction of sp³-hybridized carbons (Fsp3) is 0.250. The third-order valence-corrected chi connectivity index (χ3v) is 2.35. The molecule has 0 bridgehead atoms. The molecule has 0 aliphatic heterocycles. The minimum atomic E-state index is -0.0398. The quantitative estimate of drug-likeness (QED) is 0.884. The van der Waals surface area contributed by atoms with Crippen LogP contribution in [0.15, 0.2) is 22.7 Å². The third kappa shape index (κ3) is 2.04. The molecule has 1 aromatic carbocycles. The Bertz CT molecular complexity index is 508. The second-order valence-corrected chi connectivity index (χ2v) is 3.51. The predicted octanol–water partition coefficient (Wildman–Crippen LogP) is 2.37. The largest absolute Gasteiger partial charge is 0.502 e. The van der Waals surface area contributed by atoms with Gasteiger partial charge in [-0.1, -0.05) is 0 Å². The monoisotopic (exact) mass is 235 g/mol. The number of aromatic hydroxyl groups is 1. The molecule has 90 valence electrons. The zero-order valence-corrected chi connectivity index (χ0v) is 9.85. The minimum Gasteiger partial charge on any atom is -0.502 e. The Kier molecular flexibility index (Phi) is 2.91. The summed E-state index contributed by atoms with van der Waals surface area (Å²) in [6, 6.07) is 3.28. The number of nitrogens with zero attached hydrogens (tertiary/aromatic N) is 1. The maximum absolute atomic E-state index is 9.76. The van der Waals surface area contributed by atoms with Gasteiger partial charge < -0.3 is 19.0 Å². The molecule has 1 aromatic heterocycles. The first kappa shape index (κ1) is 11.3. The van der Waals surface area contributed by atoms with Crippen molar-refractivity contribution in [2.24, 2.45) is 0 Å². The van der Waals surface area contributed by atoms with Crippen molar-refractivity contribution >= 4 is 0 Å². The average Bonchev–Trinajstić information content (AvgIpc) is 2.76. The second-order valence-electron chi connectivity index (χ2n) is 3.51. The van der Waals surface area contributed by atoms with E-state index in [2.05, 4.69) is 4.98 Å². The molecule has 5 heteroatoms. The molecule has 5 nitrogen and oxygen atoms in total. The summed E-state index contributed by atoms with van der Waals surface area (Å²) in [6.45, 7) is 1.81. The van der Waals surface area contributed by atoms with Gasteiger partial charge >= 0.3 is 0 Å². The number of phenols is 1. The molecule has 0 atom stereocenters. The van der Waals surface area contributed by atoms with Crippen LogP contribution in [0.4, 0.5) is 0 Å². The maximum Gasteiger partial charge on any atom is 0.226 e. The normalized spacial score (nSPS) is 10.3. The SMILES string of the molecule is COc1cc(-c2ncc(C)o2)cc(OC)c1O. The Morgan fingerprint density at radius 3 is 2.18 bits per heavy atom. The lowest BCUT2D eigenvalue weighted by molar-refractivity contribution is 0.340. The topological polar surface area (TPSA) is 64.7 Å². The summed E-state index contributed by atoms with van der Waals surface area (Å²) in [5, 5.41) is 9.76. The fourth-order valence-electron chi connectivity index (χ4n) is 1.51. The molecule has 0 aliphatic rings. The standard InChI is InChI=1S/C12H13NO4/c1-7-6-13-12(17-7)8-4-9(15-2)11(14)10(5-8)16-3/h4-6,14H,1-3H3. The van der Waals surface area contributed by atoms with Crippen LogP contribution in [0.25, 0.3) is 11.5 Å². The van der Waals surface area contributed by atoms with Crippen molar-refractivity contribution in [3.63, 3.8) is 0 Å². The van der Waals surface area contributed by atoms with E-state index in [1.54, 1.807) is 18.3 Å². The van der Waals surface area contributed by atoms with Crippen LogP contribution in [-0.2, 0) is 0 Å². The Morgan fingerprint density at radius 2 is 1.76 bits per heavy atom. The smallest absolute Gasteiger partial charge is 0.226 e. The van der Waals surface area contributed by atoms with Crippen molar-refractivity contribution in [2.75, 3.05) is 14.2 Å². The zero-order chi connectivity index (χ0) is 12.4. The number of aromatic nitrogens is 1. The van der Waals surface area contributed by atoms with Crippen molar-refractivity contribution < 1.29 is 19.0 Å². The lowest BCUT2D eigenvalue weighted by Crippen LogP contribution is -1.90.